The molecule has 1 N–H and O–H groups in total. The first-order valence-corrected chi connectivity index (χ1v) is 6.04. The summed E-state index contributed by atoms with van der Waals surface area (Å²) in [5.74, 6) is 1.35. The minimum absolute atomic E-state index is 0.230. The molecule has 0 aromatic rings. The average Bonchev–Trinajstić information content (AvgIpc) is 2.65. The average molecular weight is 196 g/mol. The van der Waals surface area contributed by atoms with E-state index in [-0.39, 0.29) is 6.10 Å². The van der Waals surface area contributed by atoms with Crippen LogP contribution in [0, 0.1) is 11.8 Å². The van der Waals surface area contributed by atoms with Gasteiger partial charge in [-0.25, -0.2) is 0 Å². The third-order valence-corrected chi connectivity index (χ3v) is 3.60. The van der Waals surface area contributed by atoms with Gasteiger partial charge in [0, 0.05) is 0 Å². The topological polar surface area (TPSA) is 20.2 Å². The lowest BCUT2D eigenvalue weighted by Gasteiger charge is -2.20. The van der Waals surface area contributed by atoms with Crippen LogP contribution >= 0.6 is 0 Å². The molecular formula is C13H24O. The van der Waals surface area contributed by atoms with Crippen molar-refractivity contribution >= 4 is 0 Å². The Labute approximate surface area is 88.2 Å². The molecule has 1 aliphatic rings. The molecule has 0 aromatic carbocycles. The van der Waals surface area contributed by atoms with Crippen LogP contribution in [-0.2, 0) is 0 Å². The van der Waals surface area contributed by atoms with Gasteiger partial charge in [0.1, 0.15) is 0 Å². The Bertz CT molecular complexity index is 186. The molecule has 0 amide bonds. The molecule has 1 nitrogen and oxygen atoms in total. The van der Waals surface area contributed by atoms with Gasteiger partial charge in [0.05, 0.1) is 6.10 Å². The maximum absolute atomic E-state index is 10.1. The van der Waals surface area contributed by atoms with Crippen molar-refractivity contribution in [3.8, 4) is 0 Å². The second-order valence-corrected chi connectivity index (χ2v) is 4.70. The number of rotatable bonds is 5. The Hall–Kier alpha value is -0.300. The summed E-state index contributed by atoms with van der Waals surface area (Å²) in [6, 6.07) is 0. The third-order valence-electron chi connectivity index (χ3n) is 3.60. The van der Waals surface area contributed by atoms with Crippen LogP contribution in [0.15, 0.2) is 12.2 Å². The van der Waals surface area contributed by atoms with Gasteiger partial charge in [-0.15, -0.1) is 0 Å². The molecule has 0 spiro atoms. The molecule has 0 aromatic heterocycles. The summed E-state index contributed by atoms with van der Waals surface area (Å²) in [6.45, 7) is 8.38. The largest absolute Gasteiger partial charge is 0.388 e. The van der Waals surface area contributed by atoms with Crippen molar-refractivity contribution in [3.63, 3.8) is 0 Å². The van der Waals surface area contributed by atoms with Crippen LogP contribution < -0.4 is 0 Å². The Balaban J connectivity index is 2.38. The molecule has 1 heteroatoms. The fourth-order valence-electron chi connectivity index (χ4n) is 2.57. The highest BCUT2D eigenvalue weighted by atomic mass is 16.3. The first kappa shape index (κ1) is 11.8. The quantitative estimate of drug-likeness (QED) is 0.667. The van der Waals surface area contributed by atoms with E-state index in [4.69, 9.17) is 0 Å². The molecule has 1 fully saturated rings. The normalized spacial score (nSPS) is 29.1. The number of aliphatic hydroxyl groups excluding tert-OH is 1. The second-order valence-electron chi connectivity index (χ2n) is 4.70. The van der Waals surface area contributed by atoms with Crippen LogP contribution in [0.1, 0.15) is 52.4 Å². The molecule has 1 saturated carbocycles. The number of hydrogen-bond donors (Lipinski definition) is 1. The van der Waals surface area contributed by atoms with Gasteiger partial charge in [0.15, 0.2) is 0 Å². The molecule has 0 heterocycles. The Morgan fingerprint density at radius 1 is 1.43 bits per heavy atom. The summed E-state index contributed by atoms with van der Waals surface area (Å²) in [6.07, 6.45) is 6.82. The van der Waals surface area contributed by atoms with E-state index in [1.54, 1.807) is 0 Å². The lowest BCUT2D eigenvalue weighted by molar-refractivity contribution is 0.138. The smallest absolute Gasteiger partial charge is 0.0775 e. The van der Waals surface area contributed by atoms with Gasteiger partial charge >= 0.3 is 0 Å². The number of hydrogen-bond acceptors (Lipinski definition) is 1. The van der Waals surface area contributed by atoms with Gasteiger partial charge in [-0.2, -0.15) is 0 Å². The van der Waals surface area contributed by atoms with Gasteiger partial charge in [-0.3, -0.25) is 0 Å². The van der Waals surface area contributed by atoms with Crippen molar-refractivity contribution in [2.75, 3.05) is 0 Å². The van der Waals surface area contributed by atoms with E-state index in [1.807, 2.05) is 0 Å². The van der Waals surface area contributed by atoms with E-state index in [0.29, 0.717) is 5.92 Å². The highest BCUT2D eigenvalue weighted by molar-refractivity contribution is 5.05. The zero-order chi connectivity index (χ0) is 10.6. The van der Waals surface area contributed by atoms with Crippen LogP contribution in [0.2, 0.25) is 0 Å². The minimum atomic E-state index is -0.230. The van der Waals surface area contributed by atoms with E-state index >= 15 is 0 Å². The predicted octanol–water partition coefficient (Wildman–Crippen LogP) is 3.53. The highest BCUT2D eigenvalue weighted by Gasteiger charge is 2.29. The van der Waals surface area contributed by atoms with Crippen molar-refractivity contribution in [3.05, 3.63) is 12.2 Å². The van der Waals surface area contributed by atoms with Gasteiger partial charge in [-0.1, -0.05) is 39.7 Å². The van der Waals surface area contributed by atoms with Crippen LogP contribution in [0.5, 0.6) is 0 Å². The molecule has 1 aliphatic carbocycles. The van der Waals surface area contributed by atoms with Crippen molar-refractivity contribution in [1.29, 1.82) is 0 Å². The van der Waals surface area contributed by atoms with Crippen molar-refractivity contribution in [2.24, 2.45) is 11.8 Å². The molecule has 1 rings (SSSR count). The van der Waals surface area contributed by atoms with Crippen LogP contribution in [0.3, 0.4) is 0 Å². The molecule has 3 unspecified atom stereocenters. The standard InChI is InChI=1S/C13H24O/c1-4-6-10(3)13(14)12-8-7-11(5-2)9-12/h11-14H,3-9H2,1-2H3. The summed E-state index contributed by atoms with van der Waals surface area (Å²) in [4.78, 5) is 0. The summed E-state index contributed by atoms with van der Waals surface area (Å²) in [5.41, 5.74) is 1.05. The SMILES string of the molecule is C=C(CCC)C(O)C1CCC(CC)C1. The van der Waals surface area contributed by atoms with Gasteiger partial charge < -0.3 is 5.11 Å². The molecule has 3 atom stereocenters. The first-order valence-electron chi connectivity index (χ1n) is 6.04. The lowest BCUT2D eigenvalue weighted by atomic mass is 9.91. The Morgan fingerprint density at radius 2 is 2.14 bits per heavy atom. The van der Waals surface area contributed by atoms with Crippen molar-refractivity contribution in [2.45, 2.75) is 58.5 Å². The summed E-state index contributed by atoms with van der Waals surface area (Å²) >= 11 is 0. The zero-order valence-electron chi connectivity index (χ0n) is 9.63. The van der Waals surface area contributed by atoms with E-state index < -0.39 is 0 Å². The molecule has 0 saturated heterocycles. The monoisotopic (exact) mass is 196 g/mol. The van der Waals surface area contributed by atoms with Crippen LogP contribution in [0.25, 0.3) is 0 Å². The minimum Gasteiger partial charge on any atom is -0.388 e. The third kappa shape index (κ3) is 2.84. The predicted molar refractivity (Wildman–Crippen MR) is 61.2 cm³/mol. The van der Waals surface area contributed by atoms with Crippen molar-refractivity contribution < 1.29 is 5.11 Å². The molecule has 14 heavy (non-hydrogen) atoms. The molecule has 82 valence electrons. The first-order chi connectivity index (χ1) is 6.69. The van der Waals surface area contributed by atoms with E-state index in [9.17, 15) is 5.11 Å². The maximum atomic E-state index is 10.1. The van der Waals surface area contributed by atoms with E-state index in [0.717, 1.165) is 24.3 Å². The number of aliphatic hydroxyl groups is 1. The highest BCUT2D eigenvalue weighted by Crippen LogP contribution is 2.36. The lowest BCUT2D eigenvalue weighted by Crippen LogP contribution is -2.20. The van der Waals surface area contributed by atoms with Gasteiger partial charge in [0.2, 0.25) is 0 Å². The molecule has 0 bridgehead atoms. The van der Waals surface area contributed by atoms with Gasteiger partial charge in [0.25, 0.3) is 0 Å². The Morgan fingerprint density at radius 3 is 2.64 bits per heavy atom. The van der Waals surface area contributed by atoms with Crippen molar-refractivity contribution in [1.82, 2.24) is 0 Å². The van der Waals surface area contributed by atoms with Crippen LogP contribution in [0.4, 0.5) is 0 Å². The fourth-order valence-corrected chi connectivity index (χ4v) is 2.57. The Kier molecular flexibility index (Phi) is 4.67. The summed E-state index contributed by atoms with van der Waals surface area (Å²) in [7, 11) is 0. The molecule has 0 radical (unpaired) electrons. The van der Waals surface area contributed by atoms with E-state index in [1.165, 1.54) is 25.7 Å². The maximum Gasteiger partial charge on any atom is 0.0775 e. The second kappa shape index (κ2) is 5.55. The van der Waals surface area contributed by atoms with Gasteiger partial charge in [-0.05, 0) is 36.7 Å². The zero-order valence-corrected chi connectivity index (χ0v) is 9.63. The van der Waals surface area contributed by atoms with Crippen LogP contribution in [-0.4, -0.2) is 11.2 Å². The van der Waals surface area contributed by atoms with E-state index in [2.05, 4.69) is 20.4 Å². The summed E-state index contributed by atoms with van der Waals surface area (Å²) in [5, 5.41) is 10.1. The fraction of sp³-hybridized carbons (Fsp3) is 0.846. The molecule has 0 aliphatic heterocycles. The molecular weight excluding hydrogens is 172 g/mol. The summed E-state index contributed by atoms with van der Waals surface area (Å²) < 4.78 is 0.